The summed E-state index contributed by atoms with van der Waals surface area (Å²) in [6, 6.07) is 0.124. The molecule has 0 aromatic heterocycles. The molecule has 0 heterocycles. The molecule has 2 amide bonds. The molecule has 2 atom stereocenters. The largest absolute Gasteiger partial charge is 0.481 e. The summed E-state index contributed by atoms with van der Waals surface area (Å²) in [6.45, 7) is 6.35. The number of nitrogens with zero attached hydrogens (tertiary/aromatic N) is 1. The SMILES string of the molecule is CC1CCCC(NC(=O)N(CCC(=O)O)C(C)C)CC1. The van der Waals surface area contributed by atoms with Gasteiger partial charge in [-0.2, -0.15) is 0 Å². The molecule has 1 aliphatic rings. The molecule has 0 saturated heterocycles. The lowest BCUT2D eigenvalue weighted by atomic mass is 10.0. The lowest BCUT2D eigenvalue weighted by molar-refractivity contribution is -0.137. The number of amides is 2. The van der Waals surface area contributed by atoms with Crippen LogP contribution in [0.3, 0.4) is 0 Å². The quantitative estimate of drug-likeness (QED) is 0.763. The van der Waals surface area contributed by atoms with Gasteiger partial charge in [-0.1, -0.05) is 19.8 Å². The molecule has 2 unspecified atom stereocenters. The number of hydrogen-bond acceptors (Lipinski definition) is 2. The van der Waals surface area contributed by atoms with Crippen molar-refractivity contribution in [3.8, 4) is 0 Å². The third-order valence-corrected chi connectivity index (χ3v) is 4.04. The van der Waals surface area contributed by atoms with Gasteiger partial charge in [-0.3, -0.25) is 4.79 Å². The first kappa shape index (κ1) is 16.8. The Balaban J connectivity index is 2.50. The van der Waals surface area contributed by atoms with Crippen molar-refractivity contribution in [2.45, 2.75) is 71.4 Å². The smallest absolute Gasteiger partial charge is 0.317 e. The number of urea groups is 1. The Bertz CT molecular complexity index is 331. The fourth-order valence-corrected chi connectivity index (χ4v) is 2.70. The van der Waals surface area contributed by atoms with E-state index >= 15 is 0 Å². The van der Waals surface area contributed by atoms with Crippen molar-refractivity contribution in [2.24, 2.45) is 5.92 Å². The zero-order chi connectivity index (χ0) is 15.1. The molecule has 0 radical (unpaired) electrons. The number of carboxylic acid groups (broad SMARTS) is 1. The van der Waals surface area contributed by atoms with Crippen LogP contribution in [0.15, 0.2) is 0 Å². The molecule has 20 heavy (non-hydrogen) atoms. The molecule has 5 heteroatoms. The fourth-order valence-electron chi connectivity index (χ4n) is 2.70. The molecule has 116 valence electrons. The van der Waals surface area contributed by atoms with Crippen LogP contribution in [0.2, 0.25) is 0 Å². The second-order valence-corrected chi connectivity index (χ2v) is 6.19. The average Bonchev–Trinajstić information content (AvgIpc) is 2.54. The lowest BCUT2D eigenvalue weighted by Crippen LogP contribution is -2.48. The van der Waals surface area contributed by atoms with E-state index in [0.29, 0.717) is 0 Å². The van der Waals surface area contributed by atoms with Crippen molar-refractivity contribution in [3.63, 3.8) is 0 Å². The minimum Gasteiger partial charge on any atom is -0.481 e. The van der Waals surface area contributed by atoms with E-state index in [0.717, 1.165) is 31.6 Å². The Labute approximate surface area is 121 Å². The number of carboxylic acids is 1. The van der Waals surface area contributed by atoms with E-state index in [4.69, 9.17) is 5.11 Å². The first-order chi connectivity index (χ1) is 9.40. The Hall–Kier alpha value is -1.26. The van der Waals surface area contributed by atoms with Gasteiger partial charge in [0.05, 0.1) is 6.42 Å². The van der Waals surface area contributed by atoms with E-state index in [1.54, 1.807) is 4.90 Å². The van der Waals surface area contributed by atoms with Crippen molar-refractivity contribution >= 4 is 12.0 Å². The molecular formula is C15H28N2O3. The van der Waals surface area contributed by atoms with Crippen LogP contribution in [0.5, 0.6) is 0 Å². The van der Waals surface area contributed by atoms with Crippen LogP contribution in [0.4, 0.5) is 4.79 Å². The highest BCUT2D eigenvalue weighted by Gasteiger charge is 2.22. The first-order valence-corrected chi connectivity index (χ1v) is 7.69. The number of carbonyl (C=O) groups is 2. The summed E-state index contributed by atoms with van der Waals surface area (Å²) in [4.78, 5) is 24.6. The van der Waals surface area contributed by atoms with Crippen LogP contribution in [-0.4, -0.2) is 40.6 Å². The van der Waals surface area contributed by atoms with Gasteiger partial charge in [0.2, 0.25) is 0 Å². The minimum atomic E-state index is -0.869. The predicted octanol–water partition coefficient (Wildman–Crippen LogP) is 2.85. The van der Waals surface area contributed by atoms with E-state index < -0.39 is 5.97 Å². The van der Waals surface area contributed by atoms with Gasteiger partial charge in [-0.05, 0) is 39.0 Å². The topological polar surface area (TPSA) is 69.6 Å². The second kappa shape index (κ2) is 8.12. The standard InChI is InChI=1S/C15H28N2O3/c1-11(2)17(10-9-14(18)19)15(20)16-13-6-4-5-12(3)7-8-13/h11-13H,4-10H2,1-3H3,(H,16,20)(H,18,19). The van der Waals surface area contributed by atoms with Gasteiger partial charge in [0.1, 0.15) is 0 Å². The number of carbonyl (C=O) groups excluding carboxylic acids is 1. The predicted molar refractivity (Wildman–Crippen MR) is 78.7 cm³/mol. The van der Waals surface area contributed by atoms with Gasteiger partial charge in [0.25, 0.3) is 0 Å². The molecule has 1 aliphatic carbocycles. The Morgan fingerprint density at radius 2 is 1.95 bits per heavy atom. The van der Waals surface area contributed by atoms with E-state index in [2.05, 4.69) is 12.2 Å². The van der Waals surface area contributed by atoms with Gasteiger partial charge >= 0.3 is 12.0 Å². The van der Waals surface area contributed by atoms with Gasteiger partial charge in [-0.15, -0.1) is 0 Å². The molecule has 1 fully saturated rings. The van der Waals surface area contributed by atoms with E-state index in [-0.39, 0.29) is 31.1 Å². The maximum atomic E-state index is 12.3. The summed E-state index contributed by atoms with van der Waals surface area (Å²) in [5, 5.41) is 11.8. The normalized spacial score (nSPS) is 23.2. The second-order valence-electron chi connectivity index (χ2n) is 6.19. The van der Waals surface area contributed by atoms with Crippen LogP contribution in [0.1, 0.15) is 59.3 Å². The number of hydrogen-bond donors (Lipinski definition) is 2. The first-order valence-electron chi connectivity index (χ1n) is 7.69. The lowest BCUT2D eigenvalue weighted by Gasteiger charge is -2.29. The Morgan fingerprint density at radius 1 is 1.25 bits per heavy atom. The summed E-state index contributed by atoms with van der Waals surface area (Å²) < 4.78 is 0. The van der Waals surface area contributed by atoms with E-state index in [1.165, 1.54) is 6.42 Å². The summed E-state index contributed by atoms with van der Waals surface area (Å²) in [6.07, 6.45) is 5.59. The van der Waals surface area contributed by atoms with Gasteiger partial charge in [-0.25, -0.2) is 4.79 Å². The summed E-state index contributed by atoms with van der Waals surface area (Å²) >= 11 is 0. The molecule has 0 aliphatic heterocycles. The van der Waals surface area contributed by atoms with Crippen molar-refractivity contribution in [1.82, 2.24) is 10.2 Å². The molecule has 1 saturated carbocycles. The highest BCUT2D eigenvalue weighted by atomic mass is 16.4. The van der Waals surface area contributed by atoms with E-state index in [1.807, 2.05) is 13.8 Å². The summed E-state index contributed by atoms with van der Waals surface area (Å²) in [5.74, 6) is -0.128. The van der Waals surface area contributed by atoms with Crippen LogP contribution >= 0.6 is 0 Å². The monoisotopic (exact) mass is 284 g/mol. The van der Waals surface area contributed by atoms with Crippen LogP contribution in [0, 0.1) is 5.92 Å². The molecule has 0 aromatic carbocycles. The van der Waals surface area contributed by atoms with Crippen LogP contribution in [0.25, 0.3) is 0 Å². The van der Waals surface area contributed by atoms with Crippen molar-refractivity contribution in [1.29, 1.82) is 0 Å². The van der Waals surface area contributed by atoms with E-state index in [9.17, 15) is 9.59 Å². The third-order valence-electron chi connectivity index (χ3n) is 4.04. The van der Waals surface area contributed by atoms with Crippen molar-refractivity contribution < 1.29 is 14.7 Å². The number of aliphatic carboxylic acids is 1. The zero-order valence-electron chi connectivity index (χ0n) is 12.9. The molecule has 0 aromatic rings. The van der Waals surface area contributed by atoms with Gasteiger partial charge in [0.15, 0.2) is 0 Å². The molecule has 2 N–H and O–H groups in total. The van der Waals surface area contributed by atoms with Gasteiger partial charge < -0.3 is 15.3 Å². The Kier molecular flexibility index (Phi) is 6.82. The Morgan fingerprint density at radius 3 is 2.55 bits per heavy atom. The molecule has 5 nitrogen and oxygen atoms in total. The number of nitrogens with one attached hydrogen (secondary N) is 1. The third kappa shape index (κ3) is 5.80. The highest BCUT2D eigenvalue weighted by Crippen LogP contribution is 2.22. The van der Waals surface area contributed by atoms with Gasteiger partial charge in [0, 0.05) is 18.6 Å². The average molecular weight is 284 g/mol. The van der Waals surface area contributed by atoms with Crippen LogP contribution < -0.4 is 5.32 Å². The molecule has 0 spiro atoms. The summed E-state index contributed by atoms with van der Waals surface area (Å²) in [7, 11) is 0. The van der Waals surface area contributed by atoms with Crippen molar-refractivity contribution in [3.05, 3.63) is 0 Å². The molecular weight excluding hydrogens is 256 g/mol. The van der Waals surface area contributed by atoms with Crippen LogP contribution in [-0.2, 0) is 4.79 Å². The maximum absolute atomic E-state index is 12.3. The molecule has 0 bridgehead atoms. The molecule has 1 rings (SSSR count). The minimum absolute atomic E-state index is 0.00665. The maximum Gasteiger partial charge on any atom is 0.317 e. The highest BCUT2D eigenvalue weighted by molar-refractivity contribution is 5.75. The number of rotatable bonds is 5. The summed E-state index contributed by atoms with van der Waals surface area (Å²) in [5.41, 5.74) is 0. The zero-order valence-corrected chi connectivity index (χ0v) is 12.9. The fraction of sp³-hybridized carbons (Fsp3) is 0.867. The van der Waals surface area contributed by atoms with Crippen molar-refractivity contribution in [2.75, 3.05) is 6.54 Å².